The molecule has 17 heavy (non-hydrogen) atoms. The highest BCUT2D eigenvalue weighted by molar-refractivity contribution is 7.10. The molecule has 0 aliphatic heterocycles. The number of nitrogens with one attached hydrogen (secondary N) is 2. The number of hydrogen-bond acceptors (Lipinski definition) is 3. The van der Waals surface area contributed by atoms with E-state index in [2.05, 4.69) is 17.6 Å². The third-order valence-electron chi connectivity index (χ3n) is 2.21. The van der Waals surface area contributed by atoms with Crippen molar-refractivity contribution in [1.82, 2.24) is 10.6 Å². The maximum absolute atomic E-state index is 11.5. The van der Waals surface area contributed by atoms with Gasteiger partial charge in [0.2, 0.25) is 11.8 Å². The van der Waals surface area contributed by atoms with Gasteiger partial charge in [0.25, 0.3) is 0 Å². The molecule has 0 fully saturated rings. The van der Waals surface area contributed by atoms with E-state index < -0.39 is 0 Å². The molecule has 1 aromatic rings. The van der Waals surface area contributed by atoms with Crippen molar-refractivity contribution in [3.63, 3.8) is 0 Å². The Kier molecular flexibility index (Phi) is 6.32. The number of carbonyl (C=O) groups is 2. The van der Waals surface area contributed by atoms with E-state index in [1.54, 1.807) is 11.3 Å². The van der Waals surface area contributed by atoms with Gasteiger partial charge in [-0.1, -0.05) is 19.4 Å². The fraction of sp³-hybridized carbons (Fsp3) is 0.500. The van der Waals surface area contributed by atoms with Crippen LogP contribution in [0.25, 0.3) is 0 Å². The van der Waals surface area contributed by atoms with E-state index in [9.17, 15) is 9.59 Å². The topological polar surface area (TPSA) is 58.2 Å². The molecule has 2 N–H and O–H groups in total. The highest BCUT2D eigenvalue weighted by Gasteiger charge is 2.06. The molecule has 0 radical (unpaired) electrons. The van der Waals surface area contributed by atoms with Crippen molar-refractivity contribution in [2.24, 2.45) is 0 Å². The molecular formula is C12H18N2O2S. The molecule has 1 heterocycles. The highest BCUT2D eigenvalue weighted by Crippen LogP contribution is 2.08. The summed E-state index contributed by atoms with van der Waals surface area (Å²) < 4.78 is 0. The van der Waals surface area contributed by atoms with E-state index in [1.807, 2.05) is 17.5 Å². The minimum Gasteiger partial charge on any atom is -0.355 e. The summed E-state index contributed by atoms with van der Waals surface area (Å²) in [4.78, 5) is 23.8. The predicted molar refractivity (Wildman–Crippen MR) is 69.0 cm³/mol. The van der Waals surface area contributed by atoms with E-state index in [1.165, 1.54) is 0 Å². The van der Waals surface area contributed by atoms with Gasteiger partial charge in [-0.05, 0) is 17.9 Å². The number of rotatable bonds is 7. The van der Waals surface area contributed by atoms with Crippen LogP contribution in [-0.4, -0.2) is 24.9 Å². The Morgan fingerprint density at radius 2 is 2.12 bits per heavy atom. The summed E-state index contributed by atoms with van der Waals surface area (Å²) in [7, 11) is 0. The van der Waals surface area contributed by atoms with E-state index >= 15 is 0 Å². The van der Waals surface area contributed by atoms with Crippen LogP contribution in [0.4, 0.5) is 0 Å². The average molecular weight is 254 g/mol. The van der Waals surface area contributed by atoms with Crippen molar-refractivity contribution in [3.05, 3.63) is 22.4 Å². The number of hydrogen-bond donors (Lipinski definition) is 2. The fourth-order valence-corrected chi connectivity index (χ4v) is 1.98. The van der Waals surface area contributed by atoms with Gasteiger partial charge in [-0.2, -0.15) is 0 Å². The van der Waals surface area contributed by atoms with E-state index in [-0.39, 0.29) is 18.4 Å². The SMILES string of the molecule is CCCCNC(=O)CNC(=O)Cc1cccs1. The summed E-state index contributed by atoms with van der Waals surface area (Å²) in [6.45, 7) is 2.80. The third-order valence-corrected chi connectivity index (χ3v) is 3.09. The molecule has 0 spiro atoms. The van der Waals surface area contributed by atoms with Crippen molar-refractivity contribution in [2.45, 2.75) is 26.2 Å². The van der Waals surface area contributed by atoms with Crippen LogP contribution < -0.4 is 10.6 Å². The van der Waals surface area contributed by atoms with E-state index in [0.29, 0.717) is 13.0 Å². The lowest BCUT2D eigenvalue weighted by Gasteiger charge is -2.05. The normalized spacial score (nSPS) is 9.94. The summed E-state index contributed by atoms with van der Waals surface area (Å²) in [6, 6.07) is 3.82. The Balaban J connectivity index is 2.13. The van der Waals surface area contributed by atoms with Gasteiger partial charge in [0, 0.05) is 11.4 Å². The first-order valence-electron chi connectivity index (χ1n) is 5.78. The van der Waals surface area contributed by atoms with Gasteiger partial charge in [0.15, 0.2) is 0 Å². The molecule has 0 saturated heterocycles. The second kappa shape index (κ2) is 7.84. The average Bonchev–Trinajstić information content (AvgIpc) is 2.79. The molecule has 0 atom stereocenters. The molecule has 0 unspecified atom stereocenters. The first-order valence-corrected chi connectivity index (χ1v) is 6.66. The third kappa shape index (κ3) is 6.06. The van der Waals surface area contributed by atoms with Gasteiger partial charge in [-0.25, -0.2) is 0 Å². The van der Waals surface area contributed by atoms with Crippen molar-refractivity contribution in [3.8, 4) is 0 Å². The Hall–Kier alpha value is -1.36. The van der Waals surface area contributed by atoms with Crippen molar-refractivity contribution >= 4 is 23.2 Å². The molecule has 1 aromatic heterocycles. The van der Waals surface area contributed by atoms with Crippen LogP contribution in [0.5, 0.6) is 0 Å². The lowest BCUT2D eigenvalue weighted by atomic mass is 10.3. The molecule has 4 nitrogen and oxygen atoms in total. The van der Waals surface area contributed by atoms with Crippen molar-refractivity contribution in [2.75, 3.05) is 13.1 Å². The summed E-state index contributed by atoms with van der Waals surface area (Å²) in [6.07, 6.45) is 2.36. The zero-order chi connectivity index (χ0) is 12.5. The fourth-order valence-electron chi connectivity index (χ4n) is 1.28. The lowest BCUT2D eigenvalue weighted by molar-refractivity contribution is -0.125. The number of amides is 2. The monoisotopic (exact) mass is 254 g/mol. The standard InChI is InChI=1S/C12H18N2O2S/c1-2-3-6-13-12(16)9-14-11(15)8-10-5-4-7-17-10/h4-5,7H,2-3,6,8-9H2,1H3,(H,13,16)(H,14,15). The molecule has 0 bridgehead atoms. The molecule has 0 aliphatic rings. The number of carbonyl (C=O) groups excluding carboxylic acids is 2. The van der Waals surface area contributed by atoms with E-state index in [4.69, 9.17) is 0 Å². The van der Waals surface area contributed by atoms with Crippen molar-refractivity contribution in [1.29, 1.82) is 0 Å². The number of thiophene rings is 1. The molecule has 2 amide bonds. The quantitative estimate of drug-likeness (QED) is 0.721. The van der Waals surface area contributed by atoms with Gasteiger partial charge in [-0.15, -0.1) is 11.3 Å². The van der Waals surface area contributed by atoms with Crippen LogP contribution in [0, 0.1) is 0 Å². The van der Waals surface area contributed by atoms with Crippen molar-refractivity contribution < 1.29 is 9.59 Å². The van der Waals surface area contributed by atoms with Crippen LogP contribution in [-0.2, 0) is 16.0 Å². The van der Waals surface area contributed by atoms with E-state index in [0.717, 1.165) is 17.7 Å². The second-order valence-corrected chi connectivity index (χ2v) is 4.77. The zero-order valence-electron chi connectivity index (χ0n) is 9.99. The van der Waals surface area contributed by atoms with Gasteiger partial charge in [0.1, 0.15) is 0 Å². The smallest absolute Gasteiger partial charge is 0.239 e. The van der Waals surface area contributed by atoms with Crippen LogP contribution >= 0.6 is 11.3 Å². The van der Waals surface area contributed by atoms with Gasteiger partial charge >= 0.3 is 0 Å². The first kappa shape index (κ1) is 13.7. The largest absolute Gasteiger partial charge is 0.355 e. The summed E-state index contributed by atoms with van der Waals surface area (Å²) >= 11 is 1.54. The minimum absolute atomic E-state index is 0.0634. The minimum atomic E-state index is -0.127. The maximum atomic E-state index is 11.5. The summed E-state index contributed by atoms with van der Waals surface area (Å²) in [5, 5.41) is 7.28. The predicted octanol–water partition coefficient (Wildman–Crippen LogP) is 1.32. The summed E-state index contributed by atoms with van der Waals surface area (Å²) in [5.74, 6) is -0.240. The number of unbranched alkanes of at least 4 members (excludes halogenated alkanes) is 1. The molecule has 0 aromatic carbocycles. The Labute approximate surface area is 105 Å². The second-order valence-electron chi connectivity index (χ2n) is 3.74. The van der Waals surface area contributed by atoms with Crippen LogP contribution in [0.2, 0.25) is 0 Å². The Morgan fingerprint density at radius 1 is 1.29 bits per heavy atom. The highest BCUT2D eigenvalue weighted by atomic mass is 32.1. The molecular weight excluding hydrogens is 236 g/mol. The first-order chi connectivity index (χ1) is 8.22. The zero-order valence-corrected chi connectivity index (χ0v) is 10.8. The Bertz CT molecular complexity index is 349. The maximum Gasteiger partial charge on any atom is 0.239 e. The summed E-state index contributed by atoms with van der Waals surface area (Å²) in [5.41, 5.74) is 0. The van der Waals surface area contributed by atoms with Crippen LogP contribution in [0.1, 0.15) is 24.6 Å². The van der Waals surface area contributed by atoms with Gasteiger partial charge in [0.05, 0.1) is 13.0 Å². The van der Waals surface area contributed by atoms with Crippen LogP contribution in [0.3, 0.4) is 0 Å². The van der Waals surface area contributed by atoms with Gasteiger partial charge < -0.3 is 10.6 Å². The Morgan fingerprint density at radius 3 is 2.76 bits per heavy atom. The molecule has 94 valence electrons. The molecule has 5 heteroatoms. The molecule has 0 saturated carbocycles. The molecule has 1 rings (SSSR count). The van der Waals surface area contributed by atoms with Crippen LogP contribution in [0.15, 0.2) is 17.5 Å². The molecule has 0 aliphatic carbocycles. The lowest BCUT2D eigenvalue weighted by Crippen LogP contribution is -2.37. The van der Waals surface area contributed by atoms with Gasteiger partial charge in [-0.3, -0.25) is 9.59 Å².